The van der Waals surface area contributed by atoms with Gasteiger partial charge in [-0.2, -0.15) is 0 Å². The molecule has 0 unspecified atom stereocenters. The minimum absolute atomic E-state index is 0.0838. The van der Waals surface area contributed by atoms with Crippen molar-refractivity contribution in [2.45, 2.75) is 12.5 Å². The maximum Gasteiger partial charge on any atom is 0.160 e. The number of phenolic OH excluding ortho intramolecular Hbond substituents is 1. The second kappa shape index (κ2) is 4.94. The van der Waals surface area contributed by atoms with Crippen molar-refractivity contribution in [3.8, 4) is 11.5 Å². The fourth-order valence-corrected chi connectivity index (χ4v) is 2.53. The van der Waals surface area contributed by atoms with Crippen molar-refractivity contribution in [2.24, 2.45) is 0 Å². The van der Waals surface area contributed by atoms with Crippen molar-refractivity contribution in [3.05, 3.63) is 59.2 Å². The maximum atomic E-state index is 9.86. The standard InChI is InChI=1S/C16H16O3/c1-18-15-10-13-12(9-14(15)17)7-8-19-16(13)11-5-3-2-4-6-11/h2-6,9-10,16-17H,7-8H2,1H3/t16-/m0/s1. The molecule has 0 aliphatic carbocycles. The first kappa shape index (κ1) is 12.1. The summed E-state index contributed by atoms with van der Waals surface area (Å²) in [6, 6.07) is 13.8. The Labute approximate surface area is 112 Å². The van der Waals surface area contributed by atoms with E-state index in [1.807, 2.05) is 24.3 Å². The van der Waals surface area contributed by atoms with Gasteiger partial charge in [0, 0.05) is 0 Å². The molecule has 1 atom stereocenters. The van der Waals surface area contributed by atoms with Crippen LogP contribution >= 0.6 is 0 Å². The molecule has 2 aromatic carbocycles. The predicted octanol–water partition coefficient (Wildman–Crippen LogP) is 3.06. The lowest BCUT2D eigenvalue weighted by Gasteiger charge is -2.27. The van der Waals surface area contributed by atoms with E-state index in [4.69, 9.17) is 9.47 Å². The van der Waals surface area contributed by atoms with Gasteiger partial charge in [0.05, 0.1) is 13.7 Å². The molecule has 1 N–H and O–H groups in total. The molecule has 0 aromatic heterocycles. The van der Waals surface area contributed by atoms with E-state index in [-0.39, 0.29) is 11.9 Å². The van der Waals surface area contributed by atoms with Crippen molar-refractivity contribution in [2.75, 3.05) is 13.7 Å². The predicted molar refractivity (Wildman–Crippen MR) is 72.6 cm³/mol. The zero-order valence-corrected chi connectivity index (χ0v) is 10.8. The number of hydrogen-bond acceptors (Lipinski definition) is 3. The highest BCUT2D eigenvalue weighted by molar-refractivity contribution is 5.50. The molecule has 3 rings (SSSR count). The van der Waals surface area contributed by atoms with Crippen LogP contribution in [-0.2, 0) is 11.2 Å². The zero-order valence-electron chi connectivity index (χ0n) is 10.8. The number of phenols is 1. The maximum absolute atomic E-state index is 9.86. The molecule has 0 fully saturated rings. The third-order valence-electron chi connectivity index (χ3n) is 3.48. The van der Waals surface area contributed by atoms with E-state index < -0.39 is 0 Å². The Hall–Kier alpha value is -2.00. The van der Waals surface area contributed by atoms with Gasteiger partial charge in [-0.15, -0.1) is 0 Å². The second-order valence-corrected chi connectivity index (χ2v) is 4.63. The molecule has 98 valence electrons. The first-order chi connectivity index (χ1) is 9.29. The summed E-state index contributed by atoms with van der Waals surface area (Å²) in [5, 5.41) is 9.86. The van der Waals surface area contributed by atoms with E-state index in [9.17, 15) is 5.11 Å². The third kappa shape index (κ3) is 2.17. The lowest BCUT2D eigenvalue weighted by atomic mass is 9.92. The number of benzene rings is 2. The van der Waals surface area contributed by atoms with Crippen molar-refractivity contribution >= 4 is 0 Å². The Kier molecular flexibility index (Phi) is 3.13. The monoisotopic (exact) mass is 256 g/mol. The van der Waals surface area contributed by atoms with Crippen molar-refractivity contribution in [1.82, 2.24) is 0 Å². The quantitative estimate of drug-likeness (QED) is 0.897. The molecule has 0 spiro atoms. The Morgan fingerprint density at radius 2 is 2.00 bits per heavy atom. The van der Waals surface area contributed by atoms with Gasteiger partial charge >= 0.3 is 0 Å². The molecule has 2 aromatic rings. The smallest absolute Gasteiger partial charge is 0.160 e. The summed E-state index contributed by atoms with van der Waals surface area (Å²) in [7, 11) is 1.56. The van der Waals surface area contributed by atoms with Gasteiger partial charge in [-0.3, -0.25) is 0 Å². The molecule has 0 bridgehead atoms. The van der Waals surface area contributed by atoms with Crippen LogP contribution in [0.5, 0.6) is 11.5 Å². The van der Waals surface area contributed by atoms with Crippen LogP contribution in [0.2, 0.25) is 0 Å². The topological polar surface area (TPSA) is 38.7 Å². The highest BCUT2D eigenvalue weighted by Crippen LogP contribution is 2.38. The molecule has 0 radical (unpaired) electrons. The van der Waals surface area contributed by atoms with E-state index in [2.05, 4.69) is 12.1 Å². The van der Waals surface area contributed by atoms with Crippen LogP contribution in [0.1, 0.15) is 22.8 Å². The van der Waals surface area contributed by atoms with Gasteiger partial charge in [-0.25, -0.2) is 0 Å². The first-order valence-electron chi connectivity index (χ1n) is 6.36. The molecule has 1 aliphatic heterocycles. The third-order valence-corrected chi connectivity index (χ3v) is 3.48. The van der Waals surface area contributed by atoms with Crippen molar-refractivity contribution in [1.29, 1.82) is 0 Å². The molecule has 0 saturated carbocycles. The van der Waals surface area contributed by atoms with Gasteiger partial charge in [0.25, 0.3) is 0 Å². The van der Waals surface area contributed by atoms with Gasteiger partial charge in [0.1, 0.15) is 6.10 Å². The Morgan fingerprint density at radius 1 is 1.21 bits per heavy atom. The molecule has 0 amide bonds. The summed E-state index contributed by atoms with van der Waals surface area (Å²) >= 11 is 0. The summed E-state index contributed by atoms with van der Waals surface area (Å²) in [6.45, 7) is 0.665. The molecular formula is C16H16O3. The summed E-state index contributed by atoms with van der Waals surface area (Å²) in [4.78, 5) is 0. The summed E-state index contributed by atoms with van der Waals surface area (Å²) in [5.74, 6) is 0.681. The van der Waals surface area contributed by atoms with Crippen molar-refractivity contribution in [3.63, 3.8) is 0 Å². The SMILES string of the molecule is COc1cc2c(cc1O)CCO[C@H]2c1ccccc1. The van der Waals surface area contributed by atoms with Crippen LogP contribution in [0.15, 0.2) is 42.5 Å². The summed E-state index contributed by atoms with van der Waals surface area (Å²) in [5.41, 5.74) is 3.32. The van der Waals surface area contributed by atoms with Gasteiger partial charge in [0.15, 0.2) is 11.5 Å². The minimum atomic E-state index is -0.0838. The van der Waals surface area contributed by atoms with E-state index >= 15 is 0 Å². The molecule has 3 heteroatoms. The molecule has 3 nitrogen and oxygen atoms in total. The molecule has 0 saturated heterocycles. The van der Waals surface area contributed by atoms with Crippen LogP contribution in [0, 0.1) is 0 Å². The summed E-state index contributed by atoms with van der Waals surface area (Å²) < 4.78 is 11.1. The van der Waals surface area contributed by atoms with Crippen LogP contribution in [0.4, 0.5) is 0 Å². The number of methoxy groups -OCH3 is 1. The molecule has 1 aliphatic rings. The number of hydrogen-bond donors (Lipinski definition) is 1. The number of ether oxygens (including phenoxy) is 2. The van der Waals surface area contributed by atoms with E-state index in [0.29, 0.717) is 12.4 Å². The number of fused-ring (bicyclic) bond motifs is 1. The highest BCUT2D eigenvalue weighted by Gasteiger charge is 2.24. The Bertz CT molecular complexity index is 578. The number of aromatic hydroxyl groups is 1. The average molecular weight is 256 g/mol. The van der Waals surface area contributed by atoms with E-state index in [1.165, 1.54) is 0 Å². The molecule has 1 heterocycles. The Balaban J connectivity index is 2.09. The Morgan fingerprint density at radius 3 is 2.74 bits per heavy atom. The number of rotatable bonds is 2. The summed E-state index contributed by atoms with van der Waals surface area (Å²) in [6.07, 6.45) is 0.732. The first-order valence-corrected chi connectivity index (χ1v) is 6.36. The van der Waals surface area contributed by atoms with Crippen LogP contribution in [0.25, 0.3) is 0 Å². The van der Waals surface area contributed by atoms with Crippen LogP contribution in [0.3, 0.4) is 0 Å². The minimum Gasteiger partial charge on any atom is -0.504 e. The van der Waals surface area contributed by atoms with Gasteiger partial charge < -0.3 is 14.6 Å². The van der Waals surface area contributed by atoms with Gasteiger partial charge in [-0.1, -0.05) is 30.3 Å². The van der Waals surface area contributed by atoms with Gasteiger partial charge in [-0.05, 0) is 35.2 Å². The van der Waals surface area contributed by atoms with Crippen molar-refractivity contribution < 1.29 is 14.6 Å². The normalized spacial score (nSPS) is 17.8. The van der Waals surface area contributed by atoms with Crippen LogP contribution < -0.4 is 4.74 Å². The second-order valence-electron chi connectivity index (χ2n) is 4.63. The molecule has 19 heavy (non-hydrogen) atoms. The largest absolute Gasteiger partial charge is 0.504 e. The lowest BCUT2D eigenvalue weighted by Crippen LogP contribution is -2.17. The van der Waals surface area contributed by atoms with E-state index in [1.54, 1.807) is 13.2 Å². The highest BCUT2D eigenvalue weighted by atomic mass is 16.5. The fraction of sp³-hybridized carbons (Fsp3) is 0.250. The van der Waals surface area contributed by atoms with Gasteiger partial charge in [0.2, 0.25) is 0 Å². The lowest BCUT2D eigenvalue weighted by molar-refractivity contribution is 0.0695. The average Bonchev–Trinajstić information content (AvgIpc) is 2.46. The van der Waals surface area contributed by atoms with E-state index in [0.717, 1.165) is 23.1 Å². The zero-order chi connectivity index (χ0) is 13.2. The van der Waals surface area contributed by atoms with Crippen LogP contribution in [-0.4, -0.2) is 18.8 Å². The fourth-order valence-electron chi connectivity index (χ4n) is 2.53. The molecular weight excluding hydrogens is 240 g/mol.